The zero-order valence-corrected chi connectivity index (χ0v) is 18.8. The summed E-state index contributed by atoms with van der Waals surface area (Å²) in [5.41, 5.74) is 4.17. The van der Waals surface area contributed by atoms with Crippen molar-refractivity contribution < 1.29 is 14.3 Å². The second kappa shape index (κ2) is 9.18. The van der Waals surface area contributed by atoms with Gasteiger partial charge in [-0.05, 0) is 55.0 Å². The van der Waals surface area contributed by atoms with Crippen LogP contribution in [0.2, 0.25) is 0 Å². The summed E-state index contributed by atoms with van der Waals surface area (Å²) in [6.45, 7) is 2.46. The van der Waals surface area contributed by atoms with Crippen molar-refractivity contribution in [3.63, 3.8) is 0 Å². The van der Waals surface area contributed by atoms with E-state index in [1.54, 1.807) is 12.1 Å². The number of aryl methyl sites for hydroxylation is 1. The summed E-state index contributed by atoms with van der Waals surface area (Å²) in [5.74, 6) is 0.924. The molecule has 31 heavy (non-hydrogen) atoms. The normalized spacial score (nSPS) is 10.7. The first kappa shape index (κ1) is 20.9. The van der Waals surface area contributed by atoms with Crippen molar-refractivity contribution in [2.75, 3.05) is 7.11 Å². The lowest BCUT2D eigenvalue weighted by molar-refractivity contribution is 0.0594. The zero-order valence-electron chi connectivity index (χ0n) is 17.2. The highest BCUT2D eigenvalue weighted by molar-refractivity contribution is 9.10. The number of benzene rings is 2. The molecule has 4 rings (SSSR count). The van der Waals surface area contributed by atoms with Crippen molar-refractivity contribution in [2.45, 2.75) is 13.5 Å². The van der Waals surface area contributed by atoms with E-state index < -0.39 is 5.97 Å². The fourth-order valence-electron chi connectivity index (χ4n) is 3.38. The summed E-state index contributed by atoms with van der Waals surface area (Å²) in [7, 11) is 1.35. The molecular weight excluding hydrogens is 456 g/mol. The lowest BCUT2D eigenvalue weighted by Crippen LogP contribution is -2.09. The maximum Gasteiger partial charge on any atom is 0.356 e. The molecule has 0 bridgehead atoms. The van der Waals surface area contributed by atoms with Crippen molar-refractivity contribution >= 4 is 21.9 Å². The van der Waals surface area contributed by atoms with Crippen LogP contribution in [0.4, 0.5) is 0 Å². The molecule has 0 aliphatic carbocycles. The van der Waals surface area contributed by atoms with E-state index in [1.165, 1.54) is 7.11 Å². The van der Waals surface area contributed by atoms with Crippen LogP contribution in [-0.2, 0) is 11.3 Å². The van der Waals surface area contributed by atoms with E-state index in [-0.39, 0.29) is 5.69 Å². The number of ether oxygens (including phenoxy) is 2. The van der Waals surface area contributed by atoms with Gasteiger partial charge in [0.25, 0.3) is 0 Å². The molecule has 0 unspecified atom stereocenters. The molecule has 0 saturated carbocycles. The Labute approximate surface area is 189 Å². The number of pyridine rings is 1. The fraction of sp³-hybridized carbons (Fsp3) is 0.120. The number of hydrogen-bond donors (Lipinski definition) is 0. The van der Waals surface area contributed by atoms with Crippen LogP contribution < -0.4 is 4.74 Å². The first-order valence-electron chi connectivity index (χ1n) is 9.77. The van der Waals surface area contributed by atoms with Crippen molar-refractivity contribution in [3.05, 3.63) is 100 Å². The highest BCUT2D eigenvalue weighted by Crippen LogP contribution is 2.35. The Morgan fingerprint density at radius 3 is 2.58 bits per heavy atom. The minimum absolute atomic E-state index is 0.258. The molecule has 6 heteroatoms. The fourth-order valence-corrected chi connectivity index (χ4v) is 3.74. The van der Waals surface area contributed by atoms with Gasteiger partial charge in [-0.3, -0.25) is 4.57 Å². The number of aromatic nitrogens is 2. The van der Waals surface area contributed by atoms with Crippen LogP contribution in [-0.4, -0.2) is 22.6 Å². The molecule has 2 heterocycles. The molecule has 0 saturated heterocycles. The van der Waals surface area contributed by atoms with Crippen LogP contribution in [0.1, 0.15) is 21.7 Å². The molecule has 0 spiro atoms. The Morgan fingerprint density at radius 1 is 1.00 bits per heavy atom. The Kier molecular flexibility index (Phi) is 6.18. The van der Waals surface area contributed by atoms with Gasteiger partial charge in [-0.25, -0.2) is 9.78 Å². The molecule has 0 radical (unpaired) electrons. The second-order valence-corrected chi connectivity index (χ2v) is 7.90. The standard InChI is InChI=1S/C25H21BrN2O3/c1-17-11-13-22(28(17)24-10-6-9-21(27-24)25(29)30-2)20-15-19(26)12-14-23(20)31-16-18-7-4-3-5-8-18/h3-15H,16H2,1-2H3. The maximum atomic E-state index is 12.0. The van der Waals surface area contributed by atoms with Crippen LogP contribution in [0.5, 0.6) is 5.75 Å². The Morgan fingerprint density at radius 2 is 1.81 bits per heavy atom. The number of hydrogen-bond acceptors (Lipinski definition) is 4. The van der Waals surface area contributed by atoms with E-state index >= 15 is 0 Å². The molecule has 2 aromatic carbocycles. The zero-order chi connectivity index (χ0) is 21.8. The third-order valence-corrected chi connectivity index (χ3v) is 5.38. The molecule has 0 atom stereocenters. The van der Waals surface area contributed by atoms with Crippen LogP contribution in [0, 0.1) is 6.92 Å². The molecule has 5 nitrogen and oxygen atoms in total. The predicted octanol–water partition coefficient (Wildman–Crippen LogP) is 5.98. The Balaban J connectivity index is 1.76. The lowest BCUT2D eigenvalue weighted by atomic mass is 10.1. The van der Waals surface area contributed by atoms with E-state index in [9.17, 15) is 4.79 Å². The lowest BCUT2D eigenvalue weighted by Gasteiger charge is -2.16. The number of carbonyl (C=O) groups excluding carboxylic acids is 1. The summed E-state index contributed by atoms with van der Waals surface area (Å²) < 4.78 is 14.0. The van der Waals surface area contributed by atoms with Crippen LogP contribution in [0.25, 0.3) is 17.1 Å². The van der Waals surface area contributed by atoms with Crippen molar-refractivity contribution in [1.29, 1.82) is 0 Å². The molecular formula is C25H21BrN2O3. The number of nitrogens with zero attached hydrogens (tertiary/aromatic N) is 2. The molecule has 4 aromatic rings. The van der Waals surface area contributed by atoms with E-state index in [1.807, 2.05) is 78.2 Å². The van der Waals surface area contributed by atoms with Crippen molar-refractivity contribution in [1.82, 2.24) is 9.55 Å². The van der Waals surface area contributed by atoms with Gasteiger partial charge in [-0.15, -0.1) is 0 Å². The second-order valence-electron chi connectivity index (χ2n) is 6.98. The van der Waals surface area contributed by atoms with Crippen LogP contribution in [0.3, 0.4) is 0 Å². The number of methoxy groups -OCH3 is 1. The third-order valence-electron chi connectivity index (χ3n) is 4.89. The van der Waals surface area contributed by atoms with Gasteiger partial charge in [0.05, 0.1) is 12.8 Å². The highest BCUT2D eigenvalue weighted by Gasteiger charge is 2.17. The van der Waals surface area contributed by atoms with Crippen LogP contribution >= 0.6 is 15.9 Å². The van der Waals surface area contributed by atoms with Gasteiger partial charge in [-0.1, -0.05) is 52.3 Å². The Bertz CT molecular complexity index is 1220. The molecule has 0 amide bonds. The topological polar surface area (TPSA) is 53.4 Å². The van der Waals surface area contributed by atoms with Gasteiger partial charge in [-0.2, -0.15) is 0 Å². The van der Waals surface area contributed by atoms with Gasteiger partial charge in [0, 0.05) is 15.7 Å². The first-order valence-corrected chi connectivity index (χ1v) is 10.6. The molecule has 0 N–H and O–H groups in total. The highest BCUT2D eigenvalue weighted by atomic mass is 79.9. The minimum Gasteiger partial charge on any atom is -0.488 e. The number of rotatable bonds is 6. The van der Waals surface area contributed by atoms with Gasteiger partial charge in [0.1, 0.15) is 18.2 Å². The summed E-state index contributed by atoms with van der Waals surface area (Å²) in [4.78, 5) is 16.5. The van der Waals surface area contributed by atoms with Gasteiger partial charge in [0.15, 0.2) is 5.69 Å². The van der Waals surface area contributed by atoms with E-state index in [2.05, 4.69) is 20.9 Å². The third kappa shape index (κ3) is 4.54. The molecule has 0 aliphatic rings. The smallest absolute Gasteiger partial charge is 0.356 e. The average molecular weight is 477 g/mol. The summed E-state index contributed by atoms with van der Waals surface area (Å²) in [6, 6.07) is 25.3. The van der Waals surface area contributed by atoms with E-state index in [0.717, 1.165) is 32.7 Å². The SMILES string of the molecule is COC(=O)c1cccc(-n2c(C)ccc2-c2cc(Br)ccc2OCc2ccccc2)n1. The van der Waals surface area contributed by atoms with Gasteiger partial charge >= 0.3 is 5.97 Å². The van der Waals surface area contributed by atoms with Crippen molar-refractivity contribution in [3.8, 4) is 22.8 Å². The summed E-state index contributed by atoms with van der Waals surface area (Å²) in [6.07, 6.45) is 0. The molecule has 156 valence electrons. The van der Waals surface area contributed by atoms with Gasteiger partial charge < -0.3 is 9.47 Å². The molecule has 0 fully saturated rings. The number of carbonyl (C=O) groups is 1. The monoisotopic (exact) mass is 476 g/mol. The van der Waals surface area contributed by atoms with Crippen LogP contribution in [0.15, 0.2) is 83.3 Å². The summed E-state index contributed by atoms with van der Waals surface area (Å²) >= 11 is 3.58. The number of esters is 1. The first-order chi connectivity index (χ1) is 15.1. The average Bonchev–Trinajstić information content (AvgIpc) is 3.19. The summed E-state index contributed by atoms with van der Waals surface area (Å²) in [5, 5.41) is 0. The maximum absolute atomic E-state index is 12.0. The molecule has 2 aromatic heterocycles. The molecule has 0 aliphatic heterocycles. The van der Waals surface area contributed by atoms with Crippen molar-refractivity contribution in [2.24, 2.45) is 0 Å². The van der Waals surface area contributed by atoms with E-state index in [4.69, 9.17) is 9.47 Å². The quantitative estimate of drug-likeness (QED) is 0.321. The van der Waals surface area contributed by atoms with E-state index in [0.29, 0.717) is 12.4 Å². The largest absolute Gasteiger partial charge is 0.488 e. The Hall–Kier alpha value is -3.38. The predicted molar refractivity (Wildman–Crippen MR) is 124 cm³/mol. The minimum atomic E-state index is -0.470. The van der Waals surface area contributed by atoms with Gasteiger partial charge in [0.2, 0.25) is 0 Å². The number of halogens is 1.